The van der Waals surface area contributed by atoms with Gasteiger partial charge < -0.3 is 15.2 Å². The molecule has 0 aliphatic heterocycles. The van der Waals surface area contributed by atoms with Crippen LogP contribution in [0.5, 0.6) is 5.88 Å². The van der Waals surface area contributed by atoms with Crippen LogP contribution < -0.4 is 10.5 Å². The van der Waals surface area contributed by atoms with Gasteiger partial charge in [-0.05, 0) is 37.3 Å². The summed E-state index contributed by atoms with van der Waals surface area (Å²) in [5.41, 5.74) is 6.72. The van der Waals surface area contributed by atoms with Gasteiger partial charge in [0.15, 0.2) is 0 Å². The molecular formula is C14H22N2O2. The lowest BCUT2D eigenvalue weighted by Crippen LogP contribution is -2.38. The molecule has 1 aromatic rings. The molecule has 0 radical (unpaired) electrons. The summed E-state index contributed by atoms with van der Waals surface area (Å²) in [5.74, 6) is 1.33. The standard InChI is InChI=1S/C14H22N2O2/c1-11-5-6-14(8-11,10-15)18-9-12-4-3-7-16-13(12)17-2/h3-4,7,11H,5-6,8-10,15H2,1-2H3. The van der Waals surface area contributed by atoms with Gasteiger partial charge in [0.25, 0.3) is 0 Å². The third kappa shape index (κ3) is 2.82. The van der Waals surface area contributed by atoms with E-state index in [0.717, 1.165) is 18.4 Å². The highest BCUT2D eigenvalue weighted by Gasteiger charge is 2.37. The number of aromatic nitrogens is 1. The van der Waals surface area contributed by atoms with Crippen LogP contribution >= 0.6 is 0 Å². The average molecular weight is 250 g/mol. The summed E-state index contributed by atoms with van der Waals surface area (Å²) < 4.78 is 11.3. The number of hydrogen-bond acceptors (Lipinski definition) is 4. The molecule has 100 valence electrons. The Bertz CT molecular complexity index is 397. The molecule has 2 atom stereocenters. The highest BCUT2D eigenvalue weighted by Crippen LogP contribution is 2.37. The molecule has 2 N–H and O–H groups in total. The van der Waals surface area contributed by atoms with Gasteiger partial charge in [0.05, 0.1) is 19.3 Å². The van der Waals surface area contributed by atoms with Gasteiger partial charge in [-0.2, -0.15) is 0 Å². The molecule has 1 fully saturated rings. The van der Waals surface area contributed by atoms with E-state index in [1.165, 1.54) is 6.42 Å². The van der Waals surface area contributed by atoms with Crippen molar-refractivity contribution in [1.82, 2.24) is 4.98 Å². The average Bonchev–Trinajstić information content (AvgIpc) is 2.79. The van der Waals surface area contributed by atoms with Crippen LogP contribution in [-0.4, -0.2) is 24.2 Å². The molecular weight excluding hydrogens is 228 g/mol. The van der Waals surface area contributed by atoms with Gasteiger partial charge in [-0.1, -0.05) is 6.92 Å². The van der Waals surface area contributed by atoms with Gasteiger partial charge in [0.2, 0.25) is 5.88 Å². The fourth-order valence-corrected chi connectivity index (χ4v) is 2.67. The first-order valence-corrected chi connectivity index (χ1v) is 6.51. The van der Waals surface area contributed by atoms with Gasteiger partial charge in [-0.3, -0.25) is 0 Å². The van der Waals surface area contributed by atoms with E-state index in [4.69, 9.17) is 15.2 Å². The summed E-state index contributed by atoms with van der Waals surface area (Å²) in [5, 5.41) is 0. The smallest absolute Gasteiger partial charge is 0.218 e. The Labute approximate surface area is 108 Å². The van der Waals surface area contributed by atoms with Crippen molar-refractivity contribution in [2.24, 2.45) is 11.7 Å². The maximum Gasteiger partial charge on any atom is 0.218 e. The minimum Gasteiger partial charge on any atom is -0.481 e. The van der Waals surface area contributed by atoms with Gasteiger partial charge in [-0.15, -0.1) is 0 Å². The Balaban J connectivity index is 2.02. The van der Waals surface area contributed by atoms with Crippen molar-refractivity contribution in [3.63, 3.8) is 0 Å². The normalized spacial score (nSPS) is 27.4. The Morgan fingerprint density at radius 2 is 2.39 bits per heavy atom. The summed E-state index contributed by atoms with van der Waals surface area (Å²) in [7, 11) is 1.63. The zero-order valence-electron chi connectivity index (χ0n) is 11.2. The zero-order chi connectivity index (χ0) is 13.0. The van der Waals surface area contributed by atoms with Crippen molar-refractivity contribution in [3.05, 3.63) is 23.9 Å². The molecule has 1 heterocycles. The SMILES string of the molecule is COc1ncccc1COC1(CN)CCC(C)C1. The molecule has 1 aliphatic rings. The number of ether oxygens (including phenoxy) is 2. The molecule has 4 heteroatoms. The van der Waals surface area contributed by atoms with E-state index in [1.54, 1.807) is 13.3 Å². The maximum absolute atomic E-state index is 6.09. The predicted octanol–water partition coefficient (Wildman–Crippen LogP) is 2.12. The summed E-state index contributed by atoms with van der Waals surface area (Å²) in [6.07, 6.45) is 5.01. The van der Waals surface area contributed by atoms with E-state index < -0.39 is 0 Å². The van der Waals surface area contributed by atoms with Crippen molar-refractivity contribution in [1.29, 1.82) is 0 Å². The number of rotatable bonds is 5. The number of hydrogen-bond donors (Lipinski definition) is 1. The molecule has 2 rings (SSSR count). The first-order valence-electron chi connectivity index (χ1n) is 6.51. The fraction of sp³-hybridized carbons (Fsp3) is 0.643. The molecule has 1 aliphatic carbocycles. The second-order valence-electron chi connectivity index (χ2n) is 5.20. The summed E-state index contributed by atoms with van der Waals surface area (Å²) in [6, 6.07) is 3.88. The minimum absolute atomic E-state index is 0.153. The first kappa shape index (κ1) is 13.3. The van der Waals surface area contributed by atoms with Crippen LogP contribution in [0, 0.1) is 5.92 Å². The van der Waals surface area contributed by atoms with Crippen molar-refractivity contribution in [3.8, 4) is 5.88 Å². The molecule has 1 saturated carbocycles. The highest BCUT2D eigenvalue weighted by molar-refractivity contribution is 5.24. The highest BCUT2D eigenvalue weighted by atomic mass is 16.5. The minimum atomic E-state index is -0.153. The van der Waals surface area contributed by atoms with E-state index in [-0.39, 0.29) is 5.60 Å². The molecule has 0 aromatic carbocycles. The number of nitrogens with zero attached hydrogens (tertiary/aromatic N) is 1. The predicted molar refractivity (Wildman–Crippen MR) is 70.4 cm³/mol. The second-order valence-corrected chi connectivity index (χ2v) is 5.20. The van der Waals surface area contributed by atoms with Crippen molar-refractivity contribution < 1.29 is 9.47 Å². The van der Waals surface area contributed by atoms with Gasteiger partial charge >= 0.3 is 0 Å². The largest absolute Gasteiger partial charge is 0.481 e. The Hall–Kier alpha value is -1.13. The lowest BCUT2D eigenvalue weighted by molar-refractivity contribution is -0.0478. The number of nitrogens with two attached hydrogens (primary N) is 1. The first-order chi connectivity index (χ1) is 8.69. The van der Waals surface area contributed by atoms with E-state index in [2.05, 4.69) is 11.9 Å². The lowest BCUT2D eigenvalue weighted by Gasteiger charge is -2.28. The summed E-state index contributed by atoms with van der Waals surface area (Å²) >= 11 is 0. The monoisotopic (exact) mass is 250 g/mol. The van der Waals surface area contributed by atoms with Crippen LogP contribution in [0.1, 0.15) is 31.7 Å². The Morgan fingerprint density at radius 3 is 3.00 bits per heavy atom. The molecule has 4 nitrogen and oxygen atoms in total. The Morgan fingerprint density at radius 1 is 1.56 bits per heavy atom. The van der Waals surface area contributed by atoms with Crippen LogP contribution in [0.3, 0.4) is 0 Å². The zero-order valence-corrected chi connectivity index (χ0v) is 11.2. The third-order valence-corrected chi connectivity index (χ3v) is 3.76. The van der Waals surface area contributed by atoms with Gasteiger partial charge in [-0.25, -0.2) is 4.98 Å². The molecule has 18 heavy (non-hydrogen) atoms. The van der Waals surface area contributed by atoms with E-state index in [0.29, 0.717) is 24.9 Å². The molecule has 1 aromatic heterocycles. The number of pyridine rings is 1. The van der Waals surface area contributed by atoms with E-state index in [9.17, 15) is 0 Å². The molecule has 0 spiro atoms. The van der Waals surface area contributed by atoms with Crippen LogP contribution in [0.2, 0.25) is 0 Å². The number of methoxy groups -OCH3 is 1. The summed E-state index contributed by atoms with van der Waals surface area (Å²) in [6.45, 7) is 3.35. The van der Waals surface area contributed by atoms with Crippen molar-refractivity contribution in [2.75, 3.05) is 13.7 Å². The third-order valence-electron chi connectivity index (χ3n) is 3.76. The van der Waals surface area contributed by atoms with Crippen LogP contribution in [0.25, 0.3) is 0 Å². The second kappa shape index (κ2) is 5.67. The van der Waals surface area contributed by atoms with E-state index >= 15 is 0 Å². The van der Waals surface area contributed by atoms with Gasteiger partial charge in [0, 0.05) is 18.3 Å². The lowest BCUT2D eigenvalue weighted by atomic mass is 10.0. The van der Waals surface area contributed by atoms with Crippen LogP contribution in [-0.2, 0) is 11.3 Å². The molecule has 2 unspecified atom stereocenters. The fourth-order valence-electron chi connectivity index (χ4n) is 2.67. The quantitative estimate of drug-likeness (QED) is 0.869. The Kier molecular flexibility index (Phi) is 4.19. The molecule has 0 amide bonds. The van der Waals surface area contributed by atoms with Crippen LogP contribution in [0.15, 0.2) is 18.3 Å². The van der Waals surface area contributed by atoms with Crippen LogP contribution in [0.4, 0.5) is 0 Å². The summed E-state index contributed by atoms with van der Waals surface area (Å²) in [4.78, 5) is 4.17. The van der Waals surface area contributed by atoms with E-state index in [1.807, 2.05) is 12.1 Å². The van der Waals surface area contributed by atoms with Gasteiger partial charge in [0.1, 0.15) is 0 Å². The van der Waals surface area contributed by atoms with Crippen molar-refractivity contribution >= 4 is 0 Å². The van der Waals surface area contributed by atoms with Crippen molar-refractivity contribution in [2.45, 2.75) is 38.4 Å². The maximum atomic E-state index is 6.09. The molecule has 0 saturated heterocycles. The topological polar surface area (TPSA) is 57.4 Å². The molecule has 0 bridgehead atoms.